The van der Waals surface area contributed by atoms with Crippen LogP contribution in [-0.2, 0) is 0 Å². The summed E-state index contributed by atoms with van der Waals surface area (Å²) in [7, 11) is 1.54. The van der Waals surface area contributed by atoms with Crippen LogP contribution in [0.2, 0.25) is 0 Å². The molecule has 22 heavy (non-hydrogen) atoms. The molecule has 1 atom stereocenters. The van der Waals surface area contributed by atoms with Crippen molar-refractivity contribution in [1.29, 1.82) is 0 Å². The first-order chi connectivity index (χ1) is 10.5. The largest absolute Gasteiger partial charge is 0.497 e. The second-order valence-electron chi connectivity index (χ2n) is 4.69. The molecule has 7 heteroatoms. The minimum atomic E-state index is -0.500. The number of benzene rings is 2. The topological polar surface area (TPSA) is 95.5 Å². The van der Waals surface area contributed by atoms with E-state index in [2.05, 4.69) is 0 Å². The number of non-ortho nitro benzene ring substituents is 1. The fourth-order valence-electron chi connectivity index (χ4n) is 2.22. The van der Waals surface area contributed by atoms with E-state index in [9.17, 15) is 20.2 Å². The van der Waals surface area contributed by atoms with Gasteiger partial charge in [-0.25, -0.2) is 0 Å². The Morgan fingerprint density at radius 2 is 1.45 bits per heavy atom. The minimum Gasteiger partial charge on any atom is -0.497 e. The van der Waals surface area contributed by atoms with Crippen molar-refractivity contribution in [2.75, 3.05) is 13.7 Å². The summed E-state index contributed by atoms with van der Waals surface area (Å²) in [5.41, 5.74) is 1.37. The van der Waals surface area contributed by atoms with Crippen LogP contribution in [0.5, 0.6) is 5.75 Å². The molecule has 7 nitrogen and oxygen atoms in total. The van der Waals surface area contributed by atoms with Gasteiger partial charge in [-0.05, 0) is 23.3 Å². The quantitative estimate of drug-likeness (QED) is 0.603. The molecule has 1 unspecified atom stereocenters. The molecule has 0 bridgehead atoms. The van der Waals surface area contributed by atoms with Gasteiger partial charge in [0.2, 0.25) is 6.54 Å². The zero-order chi connectivity index (χ0) is 16.1. The molecule has 0 heterocycles. The van der Waals surface area contributed by atoms with Crippen LogP contribution in [0.4, 0.5) is 5.69 Å². The van der Waals surface area contributed by atoms with Crippen molar-refractivity contribution in [3.8, 4) is 5.75 Å². The highest BCUT2D eigenvalue weighted by Crippen LogP contribution is 2.28. The van der Waals surface area contributed by atoms with Gasteiger partial charge in [0.25, 0.3) is 5.69 Å². The molecular weight excluding hydrogens is 288 g/mol. The van der Waals surface area contributed by atoms with Crippen LogP contribution < -0.4 is 4.74 Å². The van der Waals surface area contributed by atoms with Crippen LogP contribution in [0.15, 0.2) is 48.5 Å². The van der Waals surface area contributed by atoms with E-state index in [4.69, 9.17) is 4.74 Å². The minimum absolute atomic E-state index is 0.0432. The third-order valence-corrected chi connectivity index (χ3v) is 3.36. The average Bonchev–Trinajstić information content (AvgIpc) is 2.53. The van der Waals surface area contributed by atoms with Gasteiger partial charge in [-0.3, -0.25) is 20.2 Å². The van der Waals surface area contributed by atoms with Crippen molar-refractivity contribution in [2.24, 2.45) is 0 Å². The van der Waals surface area contributed by atoms with Crippen molar-refractivity contribution in [3.63, 3.8) is 0 Å². The number of nitrogens with zero attached hydrogens (tertiary/aromatic N) is 2. The van der Waals surface area contributed by atoms with Gasteiger partial charge in [0, 0.05) is 17.1 Å². The second kappa shape index (κ2) is 6.66. The number of hydrogen-bond donors (Lipinski definition) is 0. The third kappa shape index (κ3) is 3.57. The first-order valence-electron chi connectivity index (χ1n) is 6.51. The van der Waals surface area contributed by atoms with Gasteiger partial charge in [-0.1, -0.05) is 24.3 Å². The maximum absolute atomic E-state index is 10.9. The predicted octanol–water partition coefficient (Wildman–Crippen LogP) is 3.01. The smallest absolute Gasteiger partial charge is 0.269 e. The van der Waals surface area contributed by atoms with E-state index in [1.807, 2.05) is 0 Å². The van der Waals surface area contributed by atoms with Gasteiger partial charge in [0.15, 0.2) is 0 Å². The zero-order valence-electron chi connectivity index (χ0n) is 11.8. The van der Waals surface area contributed by atoms with Crippen molar-refractivity contribution in [1.82, 2.24) is 0 Å². The highest BCUT2D eigenvalue weighted by molar-refractivity contribution is 5.40. The normalized spacial score (nSPS) is 11.7. The highest BCUT2D eigenvalue weighted by Gasteiger charge is 2.21. The number of rotatable bonds is 6. The molecular formula is C15H14N2O5. The lowest BCUT2D eigenvalue weighted by atomic mass is 9.91. The van der Waals surface area contributed by atoms with Gasteiger partial charge >= 0.3 is 0 Å². The van der Waals surface area contributed by atoms with Gasteiger partial charge in [-0.15, -0.1) is 0 Å². The van der Waals surface area contributed by atoms with Crippen LogP contribution in [0, 0.1) is 20.2 Å². The van der Waals surface area contributed by atoms with E-state index in [0.717, 1.165) is 5.56 Å². The van der Waals surface area contributed by atoms with Crippen LogP contribution in [-0.4, -0.2) is 23.5 Å². The van der Waals surface area contributed by atoms with Crippen LogP contribution in [0.25, 0.3) is 0 Å². The number of ether oxygens (including phenoxy) is 1. The maximum Gasteiger partial charge on any atom is 0.269 e. The van der Waals surface area contributed by atoms with E-state index in [1.54, 1.807) is 43.5 Å². The Bertz CT molecular complexity index is 667. The van der Waals surface area contributed by atoms with E-state index >= 15 is 0 Å². The highest BCUT2D eigenvalue weighted by atomic mass is 16.6. The van der Waals surface area contributed by atoms with Crippen LogP contribution >= 0.6 is 0 Å². The lowest BCUT2D eigenvalue weighted by Gasteiger charge is -2.14. The number of nitro groups is 2. The SMILES string of the molecule is COc1ccc(C(C[N+](=O)[O-])c2ccc([N+](=O)[O-])cc2)cc1. The number of nitro benzene ring substituents is 1. The second-order valence-corrected chi connectivity index (χ2v) is 4.69. The molecule has 2 aromatic carbocycles. The molecule has 0 amide bonds. The zero-order valence-corrected chi connectivity index (χ0v) is 11.8. The molecule has 0 spiro atoms. The Morgan fingerprint density at radius 3 is 1.86 bits per heavy atom. The average molecular weight is 302 g/mol. The summed E-state index contributed by atoms with van der Waals surface area (Å²) in [4.78, 5) is 20.7. The lowest BCUT2D eigenvalue weighted by Crippen LogP contribution is -2.14. The molecule has 0 saturated carbocycles. The van der Waals surface area contributed by atoms with Crippen molar-refractivity contribution < 1.29 is 14.6 Å². The van der Waals surface area contributed by atoms with E-state index in [0.29, 0.717) is 11.3 Å². The van der Waals surface area contributed by atoms with Gasteiger partial charge in [0.1, 0.15) is 5.75 Å². The van der Waals surface area contributed by atoms with Crippen LogP contribution in [0.3, 0.4) is 0 Å². The molecule has 0 aromatic heterocycles. The molecule has 2 rings (SSSR count). The number of hydrogen-bond acceptors (Lipinski definition) is 5. The summed E-state index contributed by atoms with van der Waals surface area (Å²) in [6, 6.07) is 12.8. The van der Waals surface area contributed by atoms with Gasteiger partial charge in [0.05, 0.1) is 18.0 Å². The molecule has 0 aliphatic carbocycles. The van der Waals surface area contributed by atoms with Crippen LogP contribution in [0.1, 0.15) is 17.0 Å². The molecule has 0 fully saturated rings. The summed E-state index contributed by atoms with van der Waals surface area (Å²) in [6.45, 7) is -0.288. The molecule has 0 radical (unpaired) electrons. The Balaban J connectivity index is 2.35. The fraction of sp³-hybridized carbons (Fsp3) is 0.200. The molecule has 114 valence electrons. The van der Waals surface area contributed by atoms with E-state index < -0.39 is 15.8 Å². The third-order valence-electron chi connectivity index (χ3n) is 3.36. The first-order valence-corrected chi connectivity index (χ1v) is 6.51. The van der Waals surface area contributed by atoms with Gasteiger partial charge in [-0.2, -0.15) is 0 Å². The Kier molecular flexibility index (Phi) is 4.67. The molecule has 0 aliphatic rings. The molecule has 2 aromatic rings. The summed E-state index contributed by atoms with van der Waals surface area (Å²) in [6.07, 6.45) is 0. The van der Waals surface area contributed by atoms with Gasteiger partial charge < -0.3 is 4.74 Å². The lowest BCUT2D eigenvalue weighted by molar-refractivity contribution is -0.481. The van der Waals surface area contributed by atoms with E-state index in [1.165, 1.54) is 12.1 Å². The fourth-order valence-corrected chi connectivity index (χ4v) is 2.22. The monoisotopic (exact) mass is 302 g/mol. The molecule has 0 N–H and O–H groups in total. The molecule has 0 aliphatic heterocycles. The Morgan fingerprint density at radius 1 is 0.955 bits per heavy atom. The Labute approximate surface area is 126 Å². The summed E-state index contributed by atoms with van der Waals surface area (Å²) < 4.78 is 5.07. The van der Waals surface area contributed by atoms with Crippen molar-refractivity contribution in [2.45, 2.75) is 5.92 Å². The maximum atomic E-state index is 10.9. The Hall–Kier alpha value is -2.96. The number of methoxy groups -OCH3 is 1. The predicted molar refractivity (Wildman–Crippen MR) is 79.8 cm³/mol. The standard InChI is InChI=1S/C15H14N2O5/c1-22-14-8-4-12(5-9-14)15(10-16(18)19)11-2-6-13(7-3-11)17(20)21/h2-9,15H,10H2,1H3. The van der Waals surface area contributed by atoms with Crippen molar-refractivity contribution in [3.05, 3.63) is 79.9 Å². The summed E-state index contributed by atoms with van der Waals surface area (Å²) in [5.74, 6) is 0.189. The summed E-state index contributed by atoms with van der Waals surface area (Å²) in [5, 5.41) is 21.6. The van der Waals surface area contributed by atoms with E-state index in [-0.39, 0.29) is 12.2 Å². The van der Waals surface area contributed by atoms with Crippen molar-refractivity contribution >= 4 is 5.69 Å². The molecule has 0 saturated heterocycles. The first kappa shape index (κ1) is 15.4. The summed E-state index contributed by atoms with van der Waals surface area (Å²) >= 11 is 0.